The molecule has 0 saturated heterocycles. The Labute approximate surface area is 111 Å². The van der Waals surface area contributed by atoms with Gasteiger partial charge in [0, 0.05) is 13.1 Å². The number of hydrogen-bond acceptors (Lipinski definition) is 2. The number of carboxylic acid groups (broad SMARTS) is 1. The van der Waals surface area contributed by atoms with Crippen LogP contribution in [0.25, 0.3) is 0 Å². The van der Waals surface area contributed by atoms with Gasteiger partial charge in [-0.15, -0.1) is 6.58 Å². The first-order valence-corrected chi connectivity index (χ1v) is 7.00. The van der Waals surface area contributed by atoms with E-state index in [0.29, 0.717) is 18.4 Å². The predicted octanol–water partition coefficient (Wildman–Crippen LogP) is 2.86. The van der Waals surface area contributed by atoms with Crippen molar-refractivity contribution in [2.45, 2.75) is 39.5 Å². The number of carbonyl (C=O) groups is 1. The fourth-order valence-corrected chi connectivity index (χ4v) is 2.39. The molecule has 4 nitrogen and oxygen atoms in total. The topological polar surface area (TPSA) is 61.4 Å². The molecule has 0 unspecified atom stereocenters. The zero-order valence-corrected chi connectivity index (χ0v) is 11.7. The second-order valence-electron chi connectivity index (χ2n) is 4.53. The SMILES string of the molecule is C=CCNC[C@H]1CCC[C@@H](CNC(=O)O)C1.CC. The average Bonchev–Trinajstić information content (AvgIpc) is 2.40. The zero-order valence-electron chi connectivity index (χ0n) is 11.7. The van der Waals surface area contributed by atoms with E-state index in [1.165, 1.54) is 12.8 Å². The maximum atomic E-state index is 10.4. The van der Waals surface area contributed by atoms with Gasteiger partial charge in [0.05, 0.1) is 0 Å². The van der Waals surface area contributed by atoms with Crippen molar-refractivity contribution in [3.05, 3.63) is 12.7 Å². The van der Waals surface area contributed by atoms with Crippen molar-refractivity contribution in [2.24, 2.45) is 11.8 Å². The summed E-state index contributed by atoms with van der Waals surface area (Å²) in [4.78, 5) is 10.4. The van der Waals surface area contributed by atoms with Gasteiger partial charge in [0.1, 0.15) is 0 Å². The van der Waals surface area contributed by atoms with Crippen molar-refractivity contribution in [1.29, 1.82) is 0 Å². The van der Waals surface area contributed by atoms with Crippen LogP contribution in [-0.4, -0.2) is 30.8 Å². The summed E-state index contributed by atoms with van der Waals surface area (Å²) in [6.07, 6.45) is 5.71. The Kier molecular flexibility index (Phi) is 10.4. The highest BCUT2D eigenvalue weighted by Crippen LogP contribution is 2.28. The van der Waals surface area contributed by atoms with E-state index in [9.17, 15) is 4.79 Å². The van der Waals surface area contributed by atoms with E-state index in [1.54, 1.807) is 0 Å². The molecule has 1 rings (SSSR count). The van der Waals surface area contributed by atoms with Crippen LogP contribution in [0.2, 0.25) is 0 Å². The first-order chi connectivity index (χ1) is 8.72. The molecule has 1 aliphatic carbocycles. The zero-order chi connectivity index (χ0) is 13.8. The second-order valence-corrected chi connectivity index (χ2v) is 4.53. The van der Waals surface area contributed by atoms with Crippen LogP contribution in [0.15, 0.2) is 12.7 Å². The summed E-state index contributed by atoms with van der Waals surface area (Å²) in [5.74, 6) is 1.20. The van der Waals surface area contributed by atoms with Gasteiger partial charge >= 0.3 is 6.09 Å². The Morgan fingerprint density at radius 2 is 1.94 bits per heavy atom. The van der Waals surface area contributed by atoms with E-state index < -0.39 is 6.09 Å². The van der Waals surface area contributed by atoms with E-state index in [1.807, 2.05) is 19.9 Å². The minimum atomic E-state index is -0.910. The van der Waals surface area contributed by atoms with E-state index in [-0.39, 0.29) is 0 Å². The van der Waals surface area contributed by atoms with Crippen molar-refractivity contribution in [1.82, 2.24) is 10.6 Å². The number of nitrogens with one attached hydrogen (secondary N) is 2. The predicted molar refractivity (Wildman–Crippen MR) is 75.9 cm³/mol. The van der Waals surface area contributed by atoms with Gasteiger partial charge in [-0.2, -0.15) is 0 Å². The molecule has 106 valence electrons. The molecule has 0 heterocycles. The number of hydrogen-bond donors (Lipinski definition) is 3. The average molecular weight is 256 g/mol. The van der Waals surface area contributed by atoms with Gasteiger partial charge in [-0.1, -0.05) is 26.3 Å². The van der Waals surface area contributed by atoms with E-state index in [4.69, 9.17) is 5.11 Å². The lowest BCUT2D eigenvalue weighted by Gasteiger charge is -2.29. The molecule has 0 bridgehead atoms. The molecule has 18 heavy (non-hydrogen) atoms. The van der Waals surface area contributed by atoms with E-state index in [0.717, 1.165) is 25.9 Å². The van der Waals surface area contributed by atoms with Crippen LogP contribution in [0.4, 0.5) is 4.79 Å². The smallest absolute Gasteiger partial charge is 0.404 e. The fraction of sp³-hybridized carbons (Fsp3) is 0.786. The van der Waals surface area contributed by atoms with Crippen molar-refractivity contribution >= 4 is 6.09 Å². The maximum absolute atomic E-state index is 10.4. The summed E-state index contributed by atoms with van der Waals surface area (Å²) in [6, 6.07) is 0. The van der Waals surface area contributed by atoms with Crippen molar-refractivity contribution in [3.8, 4) is 0 Å². The summed E-state index contributed by atoms with van der Waals surface area (Å²) in [5, 5.41) is 14.4. The third-order valence-electron chi connectivity index (χ3n) is 3.16. The van der Waals surface area contributed by atoms with E-state index in [2.05, 4.69) is 17.2 Å². The van der Waals surface area contributed by atoms with Crippen molar-refractivity contribution in [3.63, 3.8) is 0 Å². The fourth-order valence-electron chi connectivity index (χ4n) is 2.39. The molecule has 0 radical (unpaired) electrons. The summed E-state index contributed by atoms with van der Waals surface area (Å²) in [5.41, 5.74) is 0. The van der Waals surface area contributed by atoms with Crippen LogP contribution in [0.3, 0.4) is 0 Å². The number of rotatable bonds is 6. The molecule has 0 spiro atoms. The monoisotopic (exact) mass is 256 g/mol. The van der Waals surface area contributed by atoms with Crippen LogP contribution in [-0.2, 0) is 0 Å². The molecule has 2 atom stereocenters. The molecular formula is C14H28N2O2. The standard InChI is InChI=1S/C12H22N2O2.C2H6/c1-2-6-13-8-10-4-3-5-11(7-10)9-14-12(15)16;1-2/h2,10-11,13-14H,1,3-9H2,(H,15,16);1-2H3/t10-,11+;/m0./s1. The minimum Gasteiger partial charge on any atom is -0.465 e. The molecule has 1 amide bonds. The Morgan fingerprint density at radius 3 is 2.50 bits per heavy atom. The third kappa shape index (κ3) is 8.12. The quantitative estimate of drug-likeness (QED) is 0.506. The summed E-state index contributed by atoms with van der Waals surface area (Å²) in [6.45, 7) is 10.2. The molecule has 4 heteroatoms. The Hall–Kier alpha value is -1.03. The van der Waals surface area contributed by atoms with Crippen LogP contribution in [0.5, 0.6) is 0 Å². The van der Waals surface area contributed by atoms with E-state index >= 15 is 0 Å². The third-order valence-corrected chi connectivity index (χ3v) is 3.16. The van der Waals surface area contributed by atoms with Gasteiger partial charge in [-0.25, -0.2) is 4.79 Å². The molecule has 1 aliphatic rings. The molecule has 0 aromatic carbocycles. The minimum absolute atomic E-state index is 0.514. The van der Waals surface area contributed by atoms with Gasteiger partial charge < -0.3 is 15.7 Å². The molecule has 0 aromatic heterocycles. The molecule has 0 aliphatic heterocycles. The lowest BCUT2D eigenvalue weighted by Crippen LogP contribution is -2.33. The Balaban J connectivity index is 0.00000137. The molecule has 1 fully saturated rings. The lowest BCUT2D eigenvalue weighted by molar-refractivity contribution is 0.186. The van der Waals surface area contributed by atoms with Gasteiger partial charge in [0.25, 0.3) is 0 Å². The highest BCUT2D eigenvalue weighted by molar-refractivity contribution is 5.64. The van der Waals surface area contributed by atoms with Crippen LogP contribution < -0.4 is 10.6 Å². The molecule has 1 saturated carbocycles. The van der Waals surface area contributed by atoms with Crippen LogP contribution >= 0.6 is 0 Å². The molecule has 3 N–H and O–H groups in total. The van der Waals surface area contributed by atoms with Crippen molar-refractivity contribution in [2.75, 3.05) is 19.6 Å². The van der Waals surface area contributed by atoms with Gasteiger partial charge in [0.2, 0.25) is 0 Å². The Bertz CT molecular complexity index is 232. The normalized spacial score (nSPS) is 22.6. The molecule has 0 aromatic rings. The summed E-state index contributed by atoms with van der Waals surface area (Å²) in [7, 11) is 0. The lowest BCUT2D eigenvalue weighted by atomic mass is 9.81. The van der Waals surface area contributed by atoms with Gasteiger partial charge in [-0.3, -0.25) is 0 Å². The highest BCUT2D eigenvalue weighted by atomic mass is 16.4. The largest absolute Gasteiger partial charge is 0.465 e. The second kappa shape index (κ2) is 11.1. The first-order valence-electron chi connectivity index (χ1n) is 7.00. The molecular weight excluding hydrogens is 228 g/mol. The first kappa shape index (κ1) is 17.0. The van der Waals surface area contributed by atoms with Crippen LogP contribution in [0.1, 0.15) is 39.5 Å². The maximum Gasteiger partial charge on any atom is 0.404 e. The van der Waals surface area contributed by atoms with Gasteiger partial charge in [-0.05, 0) is 37.6 Å². The Morgan fingerprint density at radius 1 is 1.33 bits per heavy atom. The number of amides is 1. The van der Waals surface area contributed by atoms with Crippen molar-refractivity contribution < 1.29 is 9.90 Å². The highest BCUT2D eigenvalue weighted by Gasteiger charge is 2.21. The van der Waals surface area contributed by atoms with Crippen LogP contribution in [0, 0.1) is 11.8 Å². The summed E-state index contributed by atoms with van der Waals surface area (Å²) >= 11 is 0. The van der Waals surface area contributed by atoms with Gasteiger partial charge in [0.15, 0.2) is 0 Å². The summed E-state index contributed by atoms with van der Waals surface area (Å²) < 4.78 is 0.